The van der Waals surface area contributed by atoms with Crippen LogP contribution in [-0.2, 0) is 0 Å². The lowest BCUT2D eigenvalue weighted by Gasteiger charge is -2.34. The summed E-state index contributed by atoms with van der Waals surface area (Å²) in [7, 11) is 0. The first-order valence-electron chi connectivity index (χ1n) is 8.32. The van der Waals surface area contributed by atoms with Gasteiger partial charge in [0.1, 0.15) is 0 Å². The Morgan fingerprint density at radius 2 is 1.95 bits per heavy atom. The average Bonchev–Trinajstić information content (AvgIpc) is 2.80. The monoisotopic (exact) mass is 268 g/mol. The van der Waals surface area contributed by atoms with Gasteiger partial charge in [0.15, 0.2) is 0 Å². The van der Waals surface area contributed by atoms with Gasteiger partial charge in [-0.1, -0.05) is 26.2 Å². The second-order valence-corrected chi connectivity index (χ2v) is 6.76. The summed E-state index contributed by atoms with van der Waals surface area (Å²) in [6.07, 6.45) is 9.84. The molecule has 2 unspecified atom stereocenters. The number of nitrogens with zero attached hydrogens (tertiary/aromatic N) is 1. The molecule has 0 bridgehead atoms. The summed E-state index contributed by atoms with van der Waals surface area (Å²) in [5.41, 5.74) is 5.20. The second-order valence-electron chi connectivity index (χ2n) is 6.76. The number of hydrogen-bond acceptors (Lipinski definition) is 3. The molecular formula is C16H32N2O. The van der Waals surface area contributed by atoms with E-state index in [9.17, 15) is 5.11 Å². The minimum Gasteiger partial charge on any atom is -0.388 e. The van der Waals surface area contributed by atoms with E-state index in [1.54, 1.807) is 0 Å². The predicted octanol–water partition coefficient (Wildman–Crippen LogP) is 2.38. The highest BCUT2D eigenvalue weighted by Crippen LogP contribution is 2.37. The molecule has 0 aromatic carbocycles. The van der Waals surface area contributed by atoms with Crippen molar-refractivity contribution in [2.45, 2.75) is 63.9 Å². The van der Waals surface area contributed by atoms with Gasteiger partial charge in [0.2, 0.25) is 0 Å². The molecule has 19 heavy (non-hydrogen) atoms. The largest absolute Gasteiger partial charge is 0.388 e. The average molecular weight is 268 g/mol. The number of rotatable bonds is 6. The summed E-state index contributed by atoms with van der Waals surface area (Å²) in [6.45, 7) is 6.42. The van der Waals surface area contributed by atoms with Crippen LogP contribution in [0, 0.1) is 11.8 Å². The molecule has 1 saturated heterocycles. The lowest BCUT2D eigenvalue weighted by Crippen LogP contribution is -2.43. The van der Waals surface area contributed by atoms with Crippen LogP contribution in [0.5, 0.6) is 0 Å². The Hall–Kier alpha value is -0.120. The van der Waals surface area contributed by atoms with Crippen LogP contribution in [0.15, 0.2) is 0 Å². The Morgan fingerprint density at radius 1 is 1.21 bits per heavy atom. The van der Waals surface area contributed by atoms with Gasteiger partial charge in [-0.3, -0.25) is 0 Å². The molecule has 1 aliphatic heterocycles. The normalized spacial score (nSPS) is 33.9. The van der Waals surface area contributed by atoms with Gasteiger partial charge in [-0.25, -0.2) is 0 Å². The summed E-state index contributed by atoms with van der Waals surface area (Å²) in [6, 6.07) is 0. The van der Waals surface area contributed by atoms with Gasteiger partial charge in [0, 0.05) is 6.54 Å². The molecular weight excluding hydrogens is 236 g/mol. The molecule has 112 valence electrons. The van der Waals surface area contributed by atoms with Crippen molar-refractivity contribution >= 4 is 0 Å². The minimum absolute atomic E-state index is 0.436. The zero-order valence-electron chi connectivity index (χ0n) is 12.6. The fourth-order valence-corrected chi connectivity index (χ4v) is 4.05. The molecule has 0 radical (unpaired) electrons. The summed E-state index contributed by atoms with van der Waals surface area (Å²) in [5.74, 6) is 1.40. The molecule has 3 N–H and O–H groups in total. The molecule has 0 amide bonds. The Balaban J connectivity index is 1.69. The van der Waals surface area contributed by atoms with Crippen molar-refractivity contribution in [3.8, 4) is 0 Å². The molecule has 2 aliphatic rings. The second kappa shape index (κ2) is 7.05. The Morgan fingerprint density at radius 3 is 2.58 bits per heavy atom. The smallest absolute Gasteiger partial charge is 0.0797 e. The van der Waals surface area contributed by atoms with E-state index in [0.29, 0.717) is 12.5 Å². The van der Waals surface area contributed by atoms with Crippen LogP contribution in [0.1, 0.15) is 58.3 Å². The van der Waals surface area contributed by atoms with Crippen molar-refractivity contribution in [3.05, 3.63) is 0 Å². The summed E-state index contributed by atoms with van der Waals surface area (Å²) >= 11 is 0. The quantitative estimate of drug-likeness (QED) is 0.777. The molecule has 1 saturated carbocycles. The fraction of sp³-hybridized carbons (Fsp3) is 1.00. The minimum atomic E-state index is -0.555. The number of hydrogen-bond donors (Lipinski definition) is 2. The lowest BCUT2D eigenvalue weighted by molar-refractivity contribution is 0.00333. The van der Waals surface area contributed by atoms with E-state index in [2.05, 4.69) is 11.8 Å². The molecule has 0 aromatic heterocycles. The van der Waals surface area contributed by atoms with Crippen molar-refractivity contribution in [1.82, 2.24) is 4.90 Å². The molecule has 0 spiro atoms. The SMILES string of the molecule is CCCC1CCN(CCC2CCCC2(O)CN)CC1. The van der Waals surface area contributed by atoms with Crippen molar-refractivity contribution < 1.29 is 5.11 Å². The van der Waals surface area contributed by atoms with Gasteiger partial charge in [-0.2, -0.15) is 0 Å². The van der Waals surface area contributed by atoms with Crippen molar-refractivity contribution in [2.24, 2.45) is 17.6 Å². The van der Waals surface area contributed by atoms with Gasteiger partial charge in [-0.15, -0.1) is 0 Å². The van der Waals surface area contributed by atoms with Gasteiger partial charge < -0.3 is 15.7 Å². The number of nitrogens with two attached hydrogens (primary N) is 1. The Bertz CT molecular complexity index is 263. The van der Waals surface area contributed by atoms with Crippen LogP contribution in [0.4, 0.5) is 0 Å². The first-order chi connectivity index (χ1) is 9.18. The third-order valence-corrected chi connectivity index (χ3v) is 5.47. The Kier molecular flexibility index (Phi) is 5.67. The predicted molar refractivity (Wildman–Crippen MR) is 80.0 cm³/mol. The fourth-order valence-electron chi connectivity index (χ4n) is 4.05. The van der Waals surface area contributed by atoms with E-state index in [0.717, 1.165) is 31.7 Å². The molecule has 2 rings (SSSR count). The maximum absolute atomic E-state index is 10.5. The van der Waals surface area contributed by atoms with Crippen molar-refractivity contribution in [1.29, 1.82) is 0 Å². The van der Waals surface area contributed by atoms with E-state index in [1.807, 2.05) is 0 Å². The first-order valence-corrected chi connectivity index (χ1v) is 8.32. The van der Waals surface area contributed by atoms with E-state index < -0.39 is 5.60 Å². The zero-order valence-corrected chi connectivity index (χ0v) is 12.6. The summed E-state index contributed by atoms with van der Waals surface area (Å²) < 4.78 is 0. The van der Waals surface area contributed by atoms with Gasteiger partial charge in [0.25, 0.3) is 0 Å². The van der Waals surface area contributed by atoms with Gasteiger partial charge in [-0.05, 0) is 63.6 Å². The maximum Gasteiger partial charge on any atom is 0.0797 e. The molecule has 2 fully saturated rings. The van der Waals surface area contributed by atoms with E-state index in [1.165, 1.54) is 45.2 Å². The van der Waals surface area contributed by atoms with Crippen molar-refractivity contribution in [2.75, 3.05) is 26.2 Å². The highest BCUT2D eigenvalue weighted by molar-refractivity contribution is 4.93. The zero-order chi connectivity index (χ0) is 13.7. The molecule has 3 nitrogen and oxygen atoms in total. The molecule has 1 heterocycles. The third-order valence-electron chi connectivity index (χ3n) is 5.47. The van der Waals surface area contributed by atoms with Crippen LogP contribution in [0.25, 0.3) is 0 Å². The van der Waals surface area contributed by atoms with Crippen molar-refractivity contribution in [3.63, 3.8) is 0 Å². The molecule has 2 atom stereocenters. The maximum atomic E-state index is 10.5. The molecule has 3 heteroatoms. The standard InChI is InChI=1S/C16H32N2O/c1-2-4-14-6-10-18(11-7-14)12-8-15-5-3-9-16(15,19)13-17/h14-15,19H,2-13,17H2,1H3. The van der Waals surface area contributed by atoms with Crippen LogP contribution in [-0.4, -0.2) is 41.8 Å². The summed E-state index contributed by atoms with van der Waals surface area (Å²) in [5, 5.41) is 10.5. The van der Waals surface area contributed by atoms with E-state index >= 15 is 0 Å². The highest BCUT2D eigenvalue weighted by atomic mass is 16.3. The van der Waals surface area contributed by atoms with Crippen LogP contribution < -0.4 is 5.73 Å². The first kappa shape index (κ1) is 15.3. The number of likely N-dealkylation sites (tertiary alicyclic amines) is 1. The van der Waals surface area contributed by atoms with Crippen LogP contribution in [0.2, 0.25) is 0 Å². The van der Waals surface area contributed by atoms with E-state index in [-0.39, 0.29) is 0 Å². The number of aliphatic hydroxyl groups is 1. The molecule has 0 aromatic rings. The van der Waals surface area contributed by atoms with Gasteiger partial charge >= 0.3 is 0 Å². The highest BCUT2D eigenvalue weighted by Gasteiger charge is 2.39. The van der Waals surface area contributed by atoms with Gasteiger partial charge in [0.05, 0.1) is 5.60 Å². The van der Waals surface area contributed by atoms with E-state index in [4.69, 9.17) is 5.73 Å². The summed E-state index contributed by atoms with van der Waals surface area (Å²) in [4.78, 5) is 2.60. The molecule has 1 aliphatic carbocycles. The van der Waals surface area contributed by atoms with Crippen LogP contribution in [0.3, 0.4) is 0 Å². The third kappa shape index (κ3) is 3.93. The van der Waals surface area contributed by atoms with Crippen LogP contribution >= 0.6 is 0 Å². The Labute approximate surface area is 118 Å². The number of piperidine rings is 1. The topological polar surface area (TPSA) is 49.5 Å². The lowest BCUT2D eigenvalue weighted by atomic mass is 9.87.